The average Bonchev–Trinajstić information content (AvgIpc) is 1.90. The molecule has 1 aliphatic rings. The van der Waals surface area contributed by atoms with Crippen LogP contribution >= 0.6 is 0 Å². The Morgan fingerprint density at radius 2 is 2.62 bits per heavy atom. The number of hydrogen-bond donors (Lipinski definition) is 0. The molecule has 0 bridgehead atoms. The van der Waals surface area contributed by atoms with E-state index in [0.29, 0.717) is 0 Å². The maximum absolute atomic E-state index is 5.06. The summed E-state index contributed by atoms with van der Waals surface area (Å²) >= 11 is 0.877. The standard InChI is InChI=1S/C6H10OSe/c1-7-6-2-4-8-5-3-6/h2H,3-5H2,1H3. The molecule has 0 saturated carbocycles. The molecule has 1 aliphatic heterocycles. The minimum absolute atomic E-state index is 0.877. The zero-order valence-electron chi connectivity index (χ0n) is 5.02. The third-order valence-electron chi connectivity index (χ3n) is 1.18. The Balaban J connectivity index is 2.37. The predicted molar refractivity (Wildman–Crippen MR) is 35.1 cm³/mol. The van der Waals surface area contributed by atoms with Gasteiger partial charge in [-0.05, 0) is 0 Å². The number of ether oxygens (including phenoxy) is 1. The molecule has 0 amide bonds. The third kappa shape index (κ3) is 1.53. The molecule has 1 rings (SSSR count). The molecular weight excluding hydrogens is 167 g/mol. The molecule has 46 valence electrons. The summed E-state index contributed by atoms with van der Waals surface area (Å²) in [5.41, 5.74) is 0. The first-order valence-corrected chi connectivity index (χ1v) is 5.16. The van der Waals surface area contributed by atoms with Gasteiger partial charge in [0.2, 0.25) is 0 Å². The van der Waals surface area contributed by atoms with Crippen LogP contribution in [-0.4, -0.2) is 22.1 Å². The van der Waals surface area contributed by atoms with Crippen LogP contribution in [0.15, 0.2) is 11.8 Å². The van der Waals surface area contributed by atoms with E-state index in [1.54, 1.807) is 7.11 Å². The first-order valence-electron chi connectivity index (χ1n) is 2.74. The van der Waals surface area contributed by atoms with Crippen molar-refractivity contribution in [2.24, 2.45) is 0 Å². The predicted octanol–water partition coefficient (Wildman–Crippen LogP) is 1.46. The van der Waals surface area contributed by atoms with Crippen LogP contribution in [0.4, 0.5) is 0 Å². The van der Waals surface area contributed by atoms with Crippen molar-refractivity contribution in [3.05, 3.63) is 11.8 Å². The summed E-state index contributed by atoms with van der Waals surface area (Å²) in [5.74, 6) is 1.19. The van der Waals surface area contributed by atoms with E-state index < -0.39 is 0 Å². The van der Waals surface area contributed by atoms with E-state index in [9.17, 15) is 0 Å². The Morgan fingerprint density at radius 3 is 3.00 bits per heavy atom. The first kappa shape index (κ1) is 6.18. The fourth-order valence-electron chi connectivity index (χ4n) is 0.695. The first-order chi connectivity index (χ1) is 3.93. The zero-order chi connectivity index (χ0) is 5.82. The van der Waals surface area contributed by atoms with Crippen LogP contribution in [0.5, 0.6) is 0 Å². The molecule has 0 aromatic rings. The zero-order valence-corrected chi connectivity index (χ0v) is 6.73. The van der Waals surface area contributed by atoms with Crippen molar-refractivity contribution in [1.29, 1.82) is 0 Å². The topological polar surface area (TPSA) is 9.23 Å². The molecular formula is C6H10OSe. The SMILES string of the molecule is COC1=CC[Se]CC1. The van der Waals surface area contributed by atoms with E-state index >= 15 is 0 Å². The molecule has 0 spiro atoms. The Kier molecular flexibility index (Phi) is 2.44. The summed E-state index contributed by atoms with van der Waals surface area (Å²) in [5, 5.41) is 2.64. The monoisotopic (exact) mass is 178 g/mol. The molecule has 1 heterocycles. The van der Waals surface area contributed by atoms with Gasteiger partial charge < -0.3 is 0 Å². The van der Waals surface area contributed by atoms with Crippen molar-refractivity contribution in [2.45, 2.75) is 17.1 Å². The van der Waals surface area contributed by atoms with Crippen LogP contribution in [0.1, 0.15) is 6.42 Å². The van der Waals surface area contributed by atoms with E-state index in [2.05, 4.69) is 6.08 Å². The van der Waals surface area contributed by atoms with Gasteiger partial charge in [0.25, 0.3) is 0 Å². The Hall–Kier alpha value is 0.0595. The number of allylic oxidation sites excluding steroid dienone is 2. The fraction of sp³-hybridized carbons (Fsp3) is 0.667. The van der Waals surface area contributed by atoms with Crippen molar-refractivity contribution in [3.8, 4) is 0 Å². The van der Waals surface area contributed by atoms with E-state index in [1.165, 1.54) is 22.8 Å². The van der Waals surface area contributed by atoms with Crippen molar-refractivity contribution < 1.29 is 4.74 Å². The normalized spacial score (nSPS) is 19.9. The van der Waals surface area contributed by atoms with Gasteiger partial charge in [-0.25, -0.2) is 0 Å². The second-order valence-electron chi connectivity index (χ2n) is 1.70. The molecule has 0 atom stereocenters. The van der Waals surface area contributed by atoms with Crippen LogP contribution in [0, 0.1) is 0 Å². The third-order valence-corrected chi connectivity index (χ3v) is 3.06. The molecule has 0 aromatic heterocycles. The second kappa shape index (κ2) is 3.16. The van der Waals surface area contributed by atoms with Crippen LogP contribution < -0.4 is 0 Å². The van der Waals surface area contributed by atoms with Crippen LogP contribution in [0.2, 0.25) is 10.6 Å². The van der Waals surface area contributed by atoms with Crippen molar-refractivity contribution >= 4 is 15.0 Å². The Labute approximate surface area is 56.3 Å². The summed E-state index contributed by atoms with van der Waals surface area (Å²) in [6, 6.07) is 0. The van der Waals surface area contributed by atoms with Crippen molar-refractivity contribution in [3.63, 3.8) is 0 Å². The van der Waals surface area contributed by atoms with Gasteiger partial charge >= 0.3 is 55.7 Å². The quantitative estimate of drug-likeness (QED) is 0.551. The van der Waals surface area contributed by atoms with Gasteiger partial charge in [0.05, 0.1) is 0 Å². The van der Waals surface area contributed by atoms with E-state index in [1.807, 2.05) is 0 Å². The van der Waals surface area contributed by atoms with Gasteiger partial charge in [-0.2, -0.15) is 0 Å². The minimum atomic E-state index is 0.877. The van der Waals surface area contributed by atoms with Gasteiger partial charge in [0.15, 0.2) is 0 Å². The van der Waals surface area contributed by atoms with Crippen LogP contribution in [0.25, 0.3) is 0 Å². The molecule has 0 aromatic carbocycles. The van der Waals surface area contributed by atoms with Crippen molar-refractivity contribution in [1.82, 2.24) is 0 Å². The van der Waals surface area contributed by atoms with E-state index in [-0.39, 0.29) is 0 Å². The number of hydrogen-bond acceptors (Lipinski definition) is 1. The number of rotatable bonds is 1. The molecule has 0 radical (unpaired) electrons. The summed E-state index contributed by atoms with van der Waals surface area (Å²) in [4.78, 5) is 0. The second-order valence-corrected chi connectivity index (χ2v) is 4.11. The summed E-state index contributed by atoms with van der Waals surface area (Å²) in [7, 11) is 1.75. The molecule has 0 aliphatic carbocycles. The Bertz CT molecular complexity index is 98.7. The van der Waals surface area contributed by atoms with Gasteiger partial charge in [-0.1, -0.05) is 0 Å². The molecule has 1 nitrogen and oxygen atoms in total. The van der Waals surface area contributed by atoms with E-state index in [4.69, 9.17) is 4.74 Å². The summed E-state index contributed by atoms with van der Waals surface area (Å²) in [6.07, 6.45) is 3.39. The van der Waals surface area contributed by atoms with Gasteiger partial charge in [-0.15, -0.1) is 0 Å². The molecule has 0 unspecified atom stereocenters. The van der Waals surface area contributed by atoms with Crippen LogP contribution in [-0.2, 0) is 4.74 Å². The van der Waals surface area contributed by atoms with Gasteiger partial charge in [-0.3, -0.25) is 0 Å². The summed E-state index contributed by atoms with van der Waals surface area (Å²) in [6.45, 7) is 0. The number of methoxy groups -OCH3 is 1. The molecule has 0 saturated heterocycles. The van der Waals surface area contributed by atoms with E-state index in [0.717, 1.165) is 15.0 Å². The van der Waals surface area contributed by atoms with Gasteiger partial charge in [0, 0.05) is 0 Å². The summed E-state index contributed by atoms with van der Waals surface area (Å²) < 4.78 is 5.06. The average molecular weight is 177 g/mol. The molecule has 8 heavy (non-hydrogen) atoms. The van der Waals surface area contributed by atoms with Crippen LogP contribution in [0.3, 0.4) is 0 Å². The molecule has 2 heteroatoms. The molecule has 0 N–H and O–H groups in total. The van der Waals surface area contributed by atoms with Crippen molar-refractivity contribution in [2.75, 3.05) is 7.11 Å². The Morgan fingerprint density at radius 1 is 1.75 bits per heavy atom. The van der Waals surface area contributed by atoms with Gasteiger partial charge in [0.1, 0.15) is 0 Å². The maximum atomic E-state index is 5.06. The molecule has 0 fully saturated rings. The fourth-order valence-corrected chi connectivity index (χ4v) is 2.41.